The van der Waals surface area contributed by atoms with Crippen molar-refractivity contribution in [2.45, 2.75) is 57.5 Å². The van der Waals surface area contributed by atoms with E-state index < -0.39 is 6.09 Å². The first-order valence-corrected chi connectivity index (χ1v) is 10.1. The Bertz CT molecular complexity index is 848. The third kappa shape index (κ3) is 4.77. The van der Waals surface area contributed by atoms with Crippen molar-refractivity contribution >= 4 is 44.4 Å². The zero-order valence-electron chi connectivity index (χ0n) is 15.3. The predicted octanol–water partition coefficient (Wildman–Crippen LogP) is 4.97. The molecule has 1 aliphatic rings. The zero-order chi connectivity index (χ0) is 19.4. The molecule has 0 saturated heterocycles. The minimum atomic E-state index is -0.969. The number of carboxylic acid groups (broad SMARTS) is 1. The molecule has 0 spiro atoms. The number of anilines is 1. The molecular formula is C20H24BrN3O3. The number of amides is 1. The largest absolute Gasteiger partial charge is 0.465 e. The number of fused-ring (bicyclic) bond motifs is 1. The predicted molar refractivity (Wildman–Crippen MR) is 110 cm³/mol. The maximum atomic E-state index is 12.6. The van der Waals surface area contributed by atoms with E-state index in [1.54, 1.807) is 6.20 Å². The van der Waals surface area contributed by atoms with Crippen molar-refractivity contribution in [2.24, 2.45) is 0 Å². The van der Waals surface area contributed by atoms with Crippen LogP contribution in [0.1, 0.15) is 55.8 Å². The molecule has 27 heavy (non-hydrogen) atoms. The van der Waals surface area contributed by atoms with Gasteiger partial charge in [-0.25, -0.2) is 4.79 Å². The van der Waals surface area contributed by atoms with Crippen LogP contribution in [0.15, 0.2) is 28.9 Å². The van der Waals surface area contributed by atoms with Gasteiger partial charge in [-0.15, -0.1) is 0 Å². The monoisotopic (exact) mass is 433 g/mol. The van der Waals surface area contributed by atoms with Gasteiger partial charge in [0, 0.05) is 34.6 Å². The van der Waals surface area contributed by atoms with Crippen molar-refractivity contribution in [1.29, 1.82) is 0 Å². The van der Waals surface area contributed by atoms with Crippen LogP contribution in [0.2, 0.25) is 0 Å². The molecule has 0 aliphatic heterocycles. The van der Waals surface area contributed by atoms with E-state index >= 15 is 0 Å². The number of benzene rings is 1. The van der Waals surface area contributed by atoms with Crippen LogP contribution >= 0.6 is 15.9 Å². The molecule has 1 aromatic carbocycles. The lowest BCUT2D eigenvalue weighted by Gasteiger charge is -2.30. The van der Waals surface area contributed by atoms with Crippen LogP contribution in [0.25, 0.3) is 10.9 Å². The summed E-state index contributed by atoms with van der Waals surface area (Å²) in [5, 5.41) is 16.0. The third-order valence-electron chi connectivity index (χ3n) is 5.01. The van der Waals surface area contributed by atoms with Gasteiger partial charge in [0.15, 0.2) is 5.78 Å². The fourth-order valence-electron chi connectivity index (χ4n) is 3.65. The number of nitrogens with zero attached hydrogens (tertiary/aromatic N) is 1. The van der Waals surface area contributed by atoms with Crippen molar-refractivity contribution in [3.8, 4) is 0 Å². The Hall–Kier alpha value is -2.15. The van der Waals surface area contributed by atoms with Crippen molar-refractivity contribution < 1.29 is 14.7 Å². The summed E-state index contributed by atoms with van der Waals surface area (Å²) in [5.41, 5.74) is 2.32. The van der Waals surface area contributed by atoms with Gasteiger partial charge in [-0.05, 0) is 50.3 Å². The van der Waals surface area contributed by atoms with Crippen LogP contribution in [-0.4, -0.2) is 34.1 Å². The van der Waals surface area contributed by atoms with Crippen molar-refractivity contribution in [2.75, 3.05) is 5.32 Å². The normalized spacial score (nSPS) is 19.6. The summed E-state index contributed by atoms with van der Waals surface area (Å²) in [5.74, 6) is 0.0932. The second-order valence-corrected chi connectivity index (χ2v) is 7.94. The first-order valence-electron chi connectivity index (χ1n) is 9.35. The SMILES string of the molecule is CCCC(=O)c1cnc2ccc(Br)cc2c1N[C@H]1CC[C@H](NC(=O)O)CC1. The van der Waals surface area contributed by atoms with Crippen LogP contribution in [0.4, 0.5) is 10.5 Å². The Labute approximate surface area is 166 Å². The Morgan fingerprint density at radius 3 is 2.59 bits per heavy atom. The van der Waals surface area contributed by atoms with E-state index in [4.69, 9.17) is 5.11 Å². The first kappa shape index (κ1) is 19.6. The summed E-state index contributed by atoms with van der Waals surface area (Å²) >= 11 is 3.51. The number of Topliss-reactive ketones (excluding diaryl/α,β-unsaturated/α-hetero) is 1. The van der Waals surface area contributed by atoms with Crippen LogP contribution < -0.4 is 10.6 Å². The topological polar surface area (TPSA) is 91.3 Å². The number of halogens is 1. The molecular weight excluding hydrogens is 410 g/mol. The van der Waals surface area contributed by atoms with E-state index in [2.05, 4.69) is 31.5 Å². The molecule has 1 saturated carbocycles. The molecule has 2 aromatic rings. The molecule has 1 aromatic heterocycles. The van der Waals surface area contributed by atoms with E-state index in [0.29, 0.717) is 12.0 Å². The Kier molecular flexibility index (Phi) is 6.31. The summed E-state index contributed by atoms with van der Waals surface area (Å²) in [6.07, 6.45) is 5.27. The van der Waals surface area contributed by atoms with Crippen molar-refractivity contribution in [1.82, 2.24) is 10.3 Å². The highest BCUT2D eigenvalue weighted by atomic mass is 79.9. The highest BCUT2D eigenvalue weighted by Gasteiger charge is 2.24. The second kappa shape index (κ2) is 8.69. The lowest BCUT2D eigenvalue weighted by molar-refractivity contribution is 0.0982. The number of carbonyl (C=O) groups excluding carboxylic acids is 1. The van der Waals surface area contributed by atoms with Gasteiger partial charge in [0.05, 0.1) is 16.8 Å². The minimum absolute atomic E-state index is 0.00470. The highest BCUT2D eigenvalue weighted by molar-refractivity contribution is 9.10. The second-order valence-electron chi connectivity index (χ2n) is 7.02. The number of hydrogen-bond acceptors (Lipinski definition) is 4. The molecule has 144 valence electrons. The first-order chi connectivity index (χ1) is 13.0. The molecule has 1 fully saturated rings. The third-order valence-corrected chi connectivity index (χ3v) is 5.50. The number of rotatable bonds is 6. The molecule has 6 nitrogen and oxygen atoms in total. The number of ketones is 1. The molecule has 1 aliphatic carbocycles. The molecule has 1 amide bonds. The number of hydrogen-bond donors (Lipinski definition) is 3. The quantitative estimate of drug-likeness (QED) is 0.559. The summed E-state index contributed by atoms with van der Waals surface area (Å²) in [4.78, 5) is 27.9. The van der Waals surface area contributed by atoms with E-state index in [-0.39, 0.29) is 17.9 Å². The van der Waals surface area contributed by atoms with Crippen molar-refractivity contribution in [3.05, 3.63) is 34.4 Å². The van der Waals surface area contributed by atoms with Gasteiger partial charge in [0.25, 0.3) is 0 Å². The van der Waals surface area contributed by atoms with Crippen molar-refractivity contribution in [3.63, 3.8) is 0 Å². The van der Waals surface area contributed by atoms with E-state index in [9.17, 15) is 9.59 Å². The Morgan fingerprint density at radius 2 is 1.93 bits per heavy atom. The molecule has 3 N–H and O–H groups in total. The lowest BCUT2D eigenvalue weighted by Crippen LogP contribution is -2.39. The molecule has 0 atom stereocenters. The van der Waals surface area contributed by atoms with E-state index in [1.165, 1.54) is 0 Å². The fourth-order valence-corrected chi connectivity index (χ4v) is 4.02. The van der Waals surface area contributed by atoms with Gasteiger partial charge < -0.3 is 15.7 Å². The maximum Gasteiger partial charge on any atom is 0.404 e. The number of pyridine rings is 1. The summed E-state index contributed by atoms with van der Waals surface area (Å²) < 4.78 is 0.939. The Balaban J connectivity index is 1.87. The molecule has 1 heterocycles. The van der Waals surface area contributed by atoms with Gasteiger partial charge >= 0.3 is 6.09 Å². The Morgan fingerprint density at radius 1 is 1.22 bits per heavy atom. The van der Waals surface area contributed by atoms with E-state index in [0.717, 1.165) is 53.2 Å². The summed E-state index contributed by atoms with van der Waals surface area (Å²) in [7, 11) is 0. The minimum Gasteiger partial charge on any atom is -0.465 e. The average Bonchev–Trinajstić information content (AvgIpc) is 2.63. The van der Waals surface area contributed by atoms with Gasteiger partial charge in [0.1, 0.15) is 0 Å². The van der Waals surface area contributed by atoms with Crippen LogP contribution in [0, 0.1) is 0 Å². The highest BCUT2D eigenvalue weighted by Crippen LogP contribution is 2.32. The van der Waals surface area contributed by atoms with Gasteiger partial charge in [-0.2, -0.15) is 0 Å². The number of aromatic nitrogens is 1. The molecule has 0 radical (unpaired) electrons. The van der Waals surface area contributed by atoms with Gasteiger partial charge in [-0.1, -0.05) is 22.9 Å². The standard InChI is InChI=1S/C20H24BrN3O3/c1-2-3-18(25)16-11-22-17-9-4-12(21)10-15(17)19(16)23-13-5-7-14(8-6-13)24-20(26)27/h4,9-11,13-14,24H,2-3,5-8H2,1H3,(H,22,23)(H,26,27)/t13-,14-. The van der Waals surface area contributed by atoms with Crippen LogP contribution in [-0.2, 0) is 0 Å². The van der Waals surface area contributed by atoms with Gasteiger partial charge in [-0.3, -0.25) is 9.78 Å². The lowest BCUT2D eigenvalue weighted by atomic mass is 9.90. The zero-order valence-corrected chi connectivity index (χ0v) is 16.9. The van der Waals surface area contributed by atoms with E-state index in [1.807, 2.05) is 25.1 Å². The smallest absolute Gasteiger partial charge is 0.404 e. The average molecular weight is 434 g/mol. The fraction of sp³-hybridized carbons (Fsp3) is 0.450. The number of nitrogens with one attached hydrogen (secondary N) is 2. The maximum absolute atomic E-state index is 12.6. The van der Waals surface area contributed by atoms with Crippen LogP contribution in [0.5, 0.6) is 0 Å². The molecule has 0 bridgehead atoms. The van der Waals surface area contributed by atoms with Crippen LogP contribution in [0.3, 0.4) is 0 Å². The molecule has 3 rings (SSSR count). The molecule has 7 heteroatoms. The summed E-state index contributed by atoms with van der Waals surface area (Å²) in [6, 6.07) is 6.08. The molecule has 0 unspecified atom stereocenters. The number of carbonyl (C=O) groups is 2. The van der Waals surface area contributed by atoms with Gasteiger partial charge in [0.2, 0.25) is 0 Å². The summed E-state index contributed by atoms with van der Waals surface area (Å²) in [6.45, 7) is 1.99.